The fourth-order valence-electron chi connectivity index (χ4n) is 1.08. The topological polar surface area (TPSA) is 52.3 Å². The molecule has 0 radical (unpaired) electrons. The maximum Gasteiger partial charge on any atom is 0.387 e. The molecule has 0 heterocycles. The van der Waals surface area contributed by atoms with E-state index in [2.05, 4.69) is 4.74 Å². The molecule has 0 atom stereocenters. The van der Waals surface area contributed by atoms with Crippen molar-refractivity contribution >= 4 is 34.1 Å². The highest BCUT2D eigenvalue weighted by molar-refractivity contribution is 14.1. The minimum Gasteiger partial charge on any atom is -0.433 e. The van der Waals surface area contributed by atoms with Gasteiger partial charge < -0.3 is 10.5 Å². The number of alkyl halides is 2. The van der Waals surface area contributed by atoms with E-state index in [0.29, 0.717) is 3.57 Å². The molecule has 0 bridgehead atoms. The van der Waals surface area contributed by atoms with Crippen LogP contribution in [0.2, 0.25) is 0 Å². The Balaban J connectivity index is 3.22. The normalized spacial score (nSPS) is 10.5. The monoisotopic (exact) mass is 327 g/mol. The average Bonchev–Trinajstić information content (AvgIpc) is 2.09. The number of nitrogen functional groups attached to an aromatic ring is 1. The number of hydrogen-bond donors (Lipinski definition) is 1. The van der Waals surface area contributed by atoms with Gasteiger partial charge in [-0.25, -0.2) is 0 Å². The van der Waals surface area contributed by atoms with Gasteiger partial charge in [0.05, 0.1) is 5.69 Å². The van der Waals surface area contributed by atoms with E-state index in [4.69, 9.17) is 5.73 Å². The molecule has 0 aliphatic rings. The van der Waals surface area contributed by atoms with Crippen LogP contribution in [0, 0.1) is 3.57 Å². The zero-order valence-corrected chi connectivity index (χ0v) is 9.92. The molecule has 1 aromatic rings. The summed E-state index contributed by atoms with van der Waals surface area (Å²) in [7, 11) is 0. The summed E-state index contributed by atoms with van der Waals surface area (Å²) < 4.78 is 28.8. The summed E-state index contributed by atoms with van der Waals surface area (Å²) in [6.07, 6.45) is 0. The van der Waals surface area contributed by atoms with E-state index in [1.165, 1.54) is 19.1 Å². The molecule has 0 unspecified atom stereocenters. The molecule has 0 amide bonds. The van der Waals surface area contributed by atoms with Crippen LogP contribution in [0.4, 0.5) is 14.5 Å². The lowest BCUT2D eigenvalue weighted by Gasteiger charge is -2.10. The van der Waals surface area contributed by atoms with Crippen molar-refractivity contribution in [1.82, 2.24) is 0 Å². The van der Waals surface area contributed by atoms with E-state index >= 15 is 0 Å². The molecule has 0 aliphatic heterocycles. The number of hydrogen-bond acceptors (Lipinski definition) is 3. The first-order valence-corrected chi connectivity index (χ1v) is 5.04. The molecule has 3 nitrogen and oxygen atoms in total. The zero-order valence-electron chi connectivity index (χ0n) is 7.76. The second kappa shape index (κ2) is 4.73. The molecule has 1 aromatic carbocycles. The first kappa shape index (κ1) is 12.2. The number of rotatable bonds is 3. The zero-order chi connectivity index (χ0) is 11.6. The van der Waals surface area contributed by atoms with E-state index in [0.717, 1.165) is 0 Å². The van der Waals surface area contributed by atoms with Crippen LogP contribution in [0.25, 0.3) is 0 Å². The molecular formula is C9H8F2INO2. The van der Waals surface area contributed by atoms with E-state index in [1.807, 2.05) is 22.6 Å². The van der Waals surface area contributed by atoms with Crippen LogP contribution in [-0.2, 0) is 0 Å². The molecule has 15 heavy (non-hydrogen) atoms. The van der Waals surface area contributed by atoms with Crippen LogP contribution in [-0.4, -0.2) is 12.4 Å². The smallest absolute Gasteiger partial charge is 0.387 e. The van der Waals surface area contributed by atoms with Gasteiger partial charge in [0.2, 0.25) is 0 Å². The summed E-state index contributed by atoms with van der Waals surface area (Å²) in [4.78, 5) is 11.1. The van der Waals surface area contributed by atoms with Gasteiger partial charge in [0.25, 0.3) is 0 Å². The number of carbonyl (C=O) groups excluding carboxylic acids is 1. The summed E-state index contributed by atoms with van der Waals surface area (Å²) in [5.74, 6) is -0.452. The second-order valence-electron chi connectivity index (χ2n) is 2.80. The number of nitrogens with two attached hydrogens (primary N) is 1. The Bertz CT molecular complexity index is 396. The Labute approximate surface area is 98.7 Å². The first-order valence-electron chi connectivity index (χ1n) is 3.96. The van der Waals surface area contributed by atoms with Gasteiger partial charge in [0.15, 0.2) is 11.5 Å². The quantitative estimate of drug-likeness (QED) is 0.528. The number of ether oxygens (including phenoxy) is 1. The summed E-state index contributed by atoms with van der Waals surface area (Å²) in [5.41, 5.74) is 5.66. The lowest BCUT2D eigenvalue weighted by Crippen LogP contribution is -2.08. The third-order valence-electron chi connectivity index (χ3n) is 1.70. The molecule has 1 rings (SSSR count). The summed E-state index contributed by atoms with van der Waals surface area (Å²) in [6, 6.07) is 2.88. The maximum atomic E-state index is 12.0. The van der Waals surface area contributed by atoms with Crippen LogP contribution in [0.5, 0.6) is 5.75 Å². The second-order valence-corrected chi connectivity index (χ2v) is 4.05. The predicted molar refractivity (Wildman–Crippen MR) is 60.2 cm³/mol. The van der Waals surface area contributed by atoms with Gasteiger partial charge in [-0.05, 0) is 41.6 Å². The lowest BCUT2D eigenvalue weighted by atomic mass is 10.1. The molecule has 0 aromatic heterocycles. The largest absolute Gasteiger partial charge is 0.433 e. The number of Topliss-reactive ketones (excluding diaryl/α,β-unsaturated/α-hetero) is 1. The van der Waals surface area contributed by atoms with E-state index in [1.54, 1.807) is 0 Å². The van der Waals surface area contributed by atoms with Crippen molar-refractivity contribution in [3.05, 3.63) is 21.3 Å². The average molecular weight is 327 g/mol. The van der Waals surface area contributed by atoms with Gasteiger partial charge in [0, 0.05) is 9.13 Å². The number of anilines is 1. The van der Waals surface area contributed by atoms with Gasteiger partial charge >= 0.3 is 6.61 Å². The number of benzene rings is 1. The van der Waals surface area contributed by atoms with Crippen molar-refractivity contribution in [2.24, 2.45) is 0 Å². The molecule has 0 saturated heterocycles. The third-order valence-corrected chi connectivity index (χ3v) is 2.33. The number of ketones is 1. The fourth-order valence-corrected chi connectivity index (χ4v) is 1.67. The number of halogens is 3. The van der Waals surface area contributed by atoms with E-state index in [-0.39, 0.29) is 22.8 Å². The van der Waals surface area contributed by atoms with Crippen molar-refractivity contribution in [3.8, 4) is 5.75 Å². The van der Waals surface area contributed by atoms with Crippen molar-refractivity contribution in [1.29, 1.82) is 0 Å². The molecule has 0 aliphatic carbocycles. The van der Waals surface area contributed by atoms with Crippen molar-refractivity contribution < 1.29 is 18.3 Å². The Morgan fingerprint density at radius 3 is 2.60 bits per heavy atom. The highest BCUT2D eigenvalue weighted by atomic mass is 127. The molecule has 0 spiro atoms. The number of carbonyl (C=O) groups is 1. The highest BCUT2D eigenvalue weighted by Gasteiger charge is 2.14. The Morgan fingerprint density at radius 1 is 1.53 bits per heavy atom. The molecule has 0 saturated carbocycles. The van der Waals surface area contributed by atoms with Crippen molar-refractivity contribution in [2.75, 3.05) is 5.73 Å². The third kappa shape index (κ3) is 3.01. The van der Waals surface area contributed by atoms with Crippen LogP contribution in [0.1, 0.15) is 17.3 Å². The Hall–Kier alpha value is -0.920. The first-order chi connectivity index (χ1) is 6.91. The van der Waals surface area contributed by atoms with Gasteiger partial charge in [-0.2, -0.15) is 8.78 Å². The SMILES string of the molecule is CC(=O)c1cc(I)cc(OC(F)F)c1N. The summed E-state index contributed by atoms with van der Waals surface area (Å²) in [5, 5.41) is 0. The van der Waals surface area contributed by atoms with Crippen LogP contribution in [0.15, 0.2) is 12.1 Å². The minimum atomic E-state index is -2.95. The van der Waals surface area contributed by atoms with E-state index in [9.17, 15) is 13.6 Å². The van der Waals surface area contributed by atoms with Gasteiger partial charge in [-0.3, -0.25) is 4.79 Å². The molecule has 2 N–H and O–H groups in total. The lowest BCUT2D eigenvalue weighted by molar-refractivity contribution is -0.0494. The van der Waals surface area contributed by atoms with Crippen molar-refractivity contribution in [3.63, 3.8) is 0 Å². The maximum absolute atomic E-state index is 12.0. The molecular weight excluding hydrogens is 319 g/mol. The van der Waals surface area contributed by atoms with Gasteiger partial charge in [0.1, 0.15) is 0 Å². The molecule has 0 fully saturated rings. The van der Waals surface area contributed by atoms with Gasteiger partial charge in [-0.1, -0.05) is 0 Å². The van der Waals surface area contributed by atoms with Crippen LogP contribution in [0.3, 0.4) is 0 Å². The van der Waals surface area contributed by atoms with Gasteiger partial charge in [-0.15, -0.1) is 0 Å². The molecule has 82 valence electrons. The predicted octanol–water partition coefficient (Wildman–Crippen LogP) is 2.68. The Kier molecular flexibility index (Phi) is 3.83. The highest BCUT2D eigenvalue weighted by Crippen LogP contribution is 2.29. The standard InChI is InChI=1S/C9H8F2INO2/c1-4(14)6-2-5(12)3-7(8(6)13)15-9(10)11/h2-3,9H,13H2,1H3. The van der Waals surface area contributed by atoms with Crippen LogP contribution < -0.4 is 10.5 Å². The van der Waals surface area contributed by atoms with E-state index < -0.39 is 6.61 Å². The minimum absolute atomic E-state index is 0.0526. The Morgan fingerprint density at radius 2 is 2.13 bits per heavy atom. The summed E-state index contributed by atoms with van der Waals surface area (Å²) >= 11 is 1.90. The molecule has 6 heteroatoms. The van der Waals surface area contributed by atoms with Crippen LogP contribution >= 0.6 is 22.6 Å². The summed E-state index contributed by atoms with van der Waals surface area (Å²) in [6.45, 7) is -1.64. The van der Waals surface area contributed by atoms with Crippen molar-refractivity contribution in [2.45, 2.75) is 13.5 Å². The fraction of sp³-hybridized carbons (Fsp3) is 0.222.